The van der Waals surface area contributed by atoms with Crippen molar-refractivity contribution < 1.29 is 12.8 Å². The summed E-state index contributed by atoms with van der Waals surface area (Å²) in [6, 6.07) is 2.46. The highest BCUT2D eigenvalue weighted by molar-refractivity contribution is 9.10. The smallest absolute Gasteiger partial charge is 0.243 e. The van der Waals surface area contributed by atoms with Crippen LogP contribution in [0.1, 0.15) is 12.8 Å². The highest BCUT2D eigenvalue weighted by atomic mass is 79.9. The van der Waals surface area contributed by atoms with E-state index in [1.807, 2.05) is 6.26 Å². The Bertz CT molecular complexity index is 603. The topological polar surface area (TPSA) is 72.2 Å². The molecular weight excluding hydrogens is 355 g/mol. The van der Waals surface area contributed by atoms with E-state index < -0.39 is 20.7 Å². The van der Waals surface area contributed by atoms with Crippen molar-refractivity contribution in [1.29, 1.82) is 0 Å². The average Bonchev–Trinajstić information content (AvgIpc) is 3.12. The summed E-state index contributed by atoms with van der Waals surface area (Å²) in [5.41, 5.74) is 5.75. The van der Waals surface area contributed by atoms with Gasteiger partial charge in [0.15, 0.2) is 5.82 Å². The number of hydrogen-bond donors (Lipinski definition) is 2. The van der Waals surface area contributed by atoms with Crippen LogP contribution in [0.25, 0.3) is 0 Å². The lowest BCUT2D eigenvalue weighted by atomic mass is 10.3. The molecule has 0 unspecified atom stereocenters. The van der Waals surface area contributed by atoms with Gasteiger partial charge in [0, 0.05) is 17.0 Å². The molecule has 0 heterocycles. The lowest BCUT2D eigenvalue weighted by molar-refractivity contribution is 0.553. The number of halogens is 2. The van der Waals surface area contributed by atoms with Gasteiger partial charge in [-0.3, -0.25) is 0 Å². The van der Waals surface area contributed by atoms with E-state index in [1.165, 1.54) is 6.07 Å². The molecule has 0 amide bonds. The molecule has 0 spiro atoms. The van der Waals surface area contributed by atoms with Crippen LogP contribution >= 0.6 is 27.7 Å². The minimum absolute atomic E-state index is 0.0267. The van der Waals surface area contributed by atoms with Crippen molar-refractivity contribution in [3.8, 4) is 0 Å². The summed E-state index contributed by atoms with van der Waals surface area (Å²) in [5.74, 6) is -0.823. The molecular formula is C11H14BrFN2O2S2. The zero-order valence-corrected chi connectivity index (χ0v) is 13.5. The molecule has 8 heteroatoms. The summed E-state index contributed by atoms with van der Waals surface area (Å²) in [6.45, 7) is 0.308. The Balaban J connectivity index is 2.25. The van der Waals surface area contributed by atoms with Gasteiger partial charge in [0.2, 0.25) is 10.0 Å². The second-order valence-electron chi connectivity index (χ2n) is 4.53. The summed E-state index contributed by atoms with van der Waals surface area (Å²) in [5, 5.41) is 0. The van der Waals surface area contributed by atoms with E-state index in [0.717, 1.165) is 18.9 Å². The Hall–Kier alpha value is -0.310. The second-order valence-corrected chi connectivity index (χ2v) is 8.39. The molecule has 1 saturated carbocycles. The van der Waals surface area contributed by atoms with Gasteiger partial charge in [-0.25, -0.2) is 17.5 Å². The van der Waals surface area contributed by atoms with Crippen molar-refractivity contribution in [2.75, 3.05) is 18.5 Å². The Labute approximate surface area is 124 Å². The number of benzene rings is 1. The molecule has 0 radical (unpaired) electrons. The summed E-state index contributed by atoms with van der Waals surface area (Å²) in [7, 11) is -3.89. The van der Waals surface area contributed by atoms with Gasteiger partial charge in [-0.15, -0.1) is 0 Å². The van der Waals surface area contributed by atoms with E-state index in [2.05, 4.69) is 20.7 Å². The number of nitrogen functional groups attached to an aromatic ring is 1. The molecule has 3 N–H and O–H groups in total. The fourth-order valence-electron chi connectivity index (χ4n) is 1.68. The molecule has 1 aliphatic carbocycles. The van der Waals surface area contributed by atoms with Gasteiger partial charge < -0.3 is 5.73 Å². The third kappa shape index (κ3) is 3.24. The summed E-state index contributed by atoms with van der Waals surface area (Å²) >= 11 is 4.58. The summed E-state index contributed by atoms with van der Waals surface area (Å²) < 4.78 is 40.6. The van der Waals surface area contributed by atoms with E-state index in [0.29, 0.717) is 6.54 Å². The molecule has 0 aliphatic heterocycles. The highest BCUT2D eigenvalue weighted by Gasteiger charge is 2.42. The number of thioether (sulfide) groups is 1. The molecule has 19 heavy (non-hydrogen) atoms. The maximum absolute atomic E-state index is 13.9. The SMILES string of the molecule is CSC1(CNS(=O)(=O)c2cc(N)cc(Br)c2F)CC1. The standard InChI is InChI=1S/C11H14BrFN2O2S2/c1-18-11(2-3-11)6-15-19(16,17)9-5-7(14)4-8(12)10(9)13/h4-5,15H,2-3,6,14H2,1H3. The van der Waals surface area contributed by atoms with Gasteiger partial charge in [0.05, 0.1) is 4.47 Å². The predicted molar refractivity (Wildman–Crippen MR) is 79.2 cm³/mol. The number of nitrogens with two attached hydrogens (primary N) is 1. The zero-order valence-electron chi connectivity index (χ0n) is 10.2. The van der Waals surface area contributed by atoms with Gasteiger partial charge in [-0.05, 0) is 47.2 Å². The van der Waals surface area contributed by atoms with Crippen molar-refractivity contribution >= 4 is 43.4 Å². The molecule has 1 aromatic carbocycles. The fourth-order valence-corrected chi connectivity index (χ4v) is 4.36. The average molecular weight is 369 g/mol. The molecule has 1 aliphatic rings. The molecule has 1 fully saturated rings. The zero-order chi connectivity index (χ0) is 14.3. The maximum Gasteiger partial charge on any atom is 0.243 e. The minimum Gasteiger partial charge on any atom is -0.399 e. The monoisotopic (exact) mass is 368 g/mol. The number of nitrogens with one attached hydrogen (secondary N) is 1. The first-order valence-electron chi connectivity index (χ1n) is 5.59. The van der Waals surface area contributed by atoms with Crippen LogP contribution in [0.3, 0.4) is 0 Å². The number of anilines is 1. The minimum atomic E-state index is -3.89. The van der Waals surface area contributed by atoms with Crippen LogP contribution in [-0.4, -0.2) is 26.0 Å². The van der Waals surface area contributed by atoms with Crippen LogP contribution in [0.4, 0.5) is 10.1 Å². The Kier molecular flexibility index (Phi) is 4.15. The van der Waals surface area contributed by atoms with Gasteiger partial charge >= 0.3 is 0 Å². The Morgan fingerprint density at radius 1 is 1.53 bits per heavy atom. The normalized spacial score (nSPS) is 17.4. The van der Waals surface area contributed by atoms with E-state index in [4.69, 9.17) is 5.73 Å². The van der Waals surface area contributed by atoms with Gasteiger partial charge in [-0.1, -0.05) is 0 Å². The maximum atomic E-state index is 13.9. The highest BCUT2D eigenvalue weighted by Crippen LogP contribution is 2.46. The quantitative estimate of drug-likeness (QED) is 0.782. The molecule has 0 bridgehead atoms. The van der Waals surface area contributed by atoms with Gasteiger partial charge in [0.1, 0.15) is 4.90 Å². The van der Waals surface area contributed by atoms with Crippen LogP contribution in [-0.2, 0) is 10.0 Å². The number of rotatable bonds is 5. The molecule has 4 nitrogen and oxygen atoms in total. The lowest BCUT2D eigenvalue weighted by Crippen LogP contribution is -2.32. The van der Waals surface area contributed by atoms with Crippen LogP contribution in [0.2, 0.25) is 0 Å². The van der Waals surface area contributed by atoms with Crippen molar-refractivity contribution in [2.45, 2.75) is 22.5 Å². The first kappa shape index (κ1) is 15.1. The van der Waals surface area contributed by atoms with Crippen LogP contribution in [0, 0.1) is 5.82 Å². The van der Waals surface area contributed by atoms with E-state index in [-0.39, 0.29) is 14.9 Å². The van der Waals surface area contributed by atoms with Gasteiger partial charge in [0.25, 0.3) is 0 Å². The largest absolute Gasteiger partial charge is 0.399 e. The first-order valence-corrected chi connectivity index (χ1v) is 9.09. The fraction of sp³-hybridized carbons (Fsp3) is 0.455. The van der Waals surface area contributed by atoms with Gasteiger partial charge in [-0.2, -0.15) is 11.8 Å². The van der Waals surface area contributed by atoms with E-state index >= 15 is 0 Å². The van der Waals surface area contributed by atoms with E-state index in [1.54, 1.807) is 11.8 Å². The molecule has 0 atom stereocenters. The molecule has 0 saturated heterocycles. The first-order chi connectivity index (χ1) is 8.80. The van der Waals surface area contributed by atoms with Crippen molar-refractivity contribution in [2.24, 2.45) is 0 Å². The van der Waals surface area contributed by atoms with E-state index in [9.17, 15) is 12.8 Å². The summed E-state index contributed by atoms with van der Waals surface area (Å²) in [4.78, 5) is -0.420. The number of sulfonamides is 1. The summed E-state index contributed by atoms with van der Waals surface area (Å²) in [6.07, 6.45) is 3.89. The second kappa shape index (κ2) is 5.23. The number of hydrogen-bond acceptors (Lipinski definition) is 4. The van der Waals surface area contributed by atoms with Crippen LogP contribution in [0.5, 0.6) is 0 Å². The van der Waals surface area contributed by atoms with Crippen molar-refractivity contribution in [1.82, 2.24) is 4.72 Å². The van der Waals surface area contributed by atoms with Crippen molar-refractivity contribution in [3.05, 3.63) is 22.4 Å². The Morgan fingerprint density at radius 3 is 2.68 bits per heavy atom. The lowest BCUT2D eigenvalue weighted by Gasteiger charge is -2.14. The van der Waals surface area contributed by atoms with Crippen LogP contribution in [0.15, 0.2) is 21.5 Å². The predicted octanol–water partition coefficient (Wildman–Crippen LogP) is 2.34. The third-order valence-electron chi connectivity index (χ3n) is 3.13. The third-order valence-corrected chi connectivity index (χ3v) is 6.53. The molecule has 0 aromatic heterocycles. The van der Waals surface area contributed by atoms with Crippen LogP contribution < -0.4 is 10.5 Å². The molecule has 1 aromatic rings. The molecule has 2 rings (SSSR count). The Morgan fingerprint density at radius 2 is 2.16 bits per heavy atom. The van der Waals surface area contributed by atoms with Crippen molar-refractivity contribution in [3.63, 3.8) is 0 Å². The molecule has 106 valence electrons.